The van der Waals surface area contributed by atoms with Gasteiger partial charge in [0.25, 0.3) is 0 Å². The quantitative estimate of drug-likeness (QED) is 0.462. The number of aryl methyl sites for hydroxylation is 1. The zero-order chi connectivity index (χ0) is 22.2. The van der Waals surface area contributed by atoms with Gasteiger partial charge in [0.15, 0.2) is 17.3 Å². The minimum Gasteiger partial charge on any atom is -0.493 e. The highest BCUT2D eigenvalue weighted by atomic mass is 16.5. The lowest BCUT2D eigenvalue weighted by molar-refractivity contribution is 0.254. The molecule has 2 saturated heterocycles. The summed E-state index contributed by atoms with van der Waals surface area (Å²) in [6.45, 7) is 7.24. The first kappa shape index (κ1) is 22.9. The predicted octanol–water partition coefficient (Wildman–Crippen LogP) is 2.88. The normalized spacial score (nSPS) is 17.6. The fourth-order valence-electron chi connectivity index (χ4n) is 4.50. The summed E-state index contributed by atoms with van der Waals surface area (Å²) in [5.41, 5.74) is 2.11. The summed E-state index contributed by atoms with van der Waals surface area (Å²) in [6, 6.07) is 8.62. The van der Waals surface area contributed by atoms with Crippen LogP contribution in [0.3, 0.4) is 0 Å². The van der Waals surface area contributed by atoms with Gasteiger partial charge in [-0.3, -0.25) is 4.68 Å². The number of nitrogens with zero attached hydrogens (tertiary/aromatic N) is 3. The molecule has 2 fully saturated rings. The van der Waals surface area contributed by atoms with E-state index in [0.29, 0.717) is 12.6 Å². The largest absolute Gasteiger partial charge is 0.493 e. The Morgan fingerprint density at radius 1 is 1.12 bits per heavy atom. The second-order valence-electron chi connectivity index (χ2n) is 8.79. The molecule has 4 rings (SSSR count). The van der Waals surface area contributed by atoms with Crippen molar-refractivity contribution in [2.45, 2.75) is 44.7 Å². The van der Waals surface area contributed by atoms with Crippen LogP contribution >= 0.6 is 0 Å². The molecule has 32 heavy (non-hydrogen) atoms. The summed E-state index contributed by atoms with van der Waals surface area (Å²) < 4.78 is 13.5. The van der Waals surface area contributed by atoms with Crippen molar-refractivity contribution in [2.75, 3.05) is 51.8 Å². The molecule has 0 atom stereocenters. The Kier molecular flexibility index (Phi) is 8.25. The molecule has 8 heteroatoms. The SMILES string of the molecule is COc1ccc(Nc2cc(CNC3CCNCC3)n(C)n2)cc1OCCCN1CCCC1. The number of rotatable bonds is 11. The Hall–Kier alpha value is -2.29. The highest BCUT2D eigenvalue weighted by Crippen LogP contribution is 2.31. The van der Waals surface area contributed by atoms with E-state index in [-0.39, 0.29) is 0 Å². The average molecular weight is 443 g/mol. The van der Waals surface area contributed by atoms with Gasteiger partial charge in [-0.1, -0.05) is 0 Å². The minimum atomic E-state index is 0.578. The highest BCUT2D eigenvalue weighted by molar-refractivity contribution is 5.61. The van der Waals surface area contributed by atoms with Crippen LogP contribution in [0.4, 0.5) is 11.5 Å². The number of benzene rings is 1. The van der Waals surface area contributed by atoms with Gasteiger partial charge in [-0.15, -0.1) is 0 Å². The van der Waals surface area contributed by atoms with Crippen LogP contribution in [0.25, 0.3) is 0 Å². The summed E-state index contributed by atoms with van der Waals surface area (Å²) in [7, 11) is 3.67. The molecule has 0 radical (unpaired) electrons. The van der Waals surface area contributed by atoms with Gasteiger partial charge in [0.05, 0.1) is 19.4 Å². The number of piperidine rings is 1. The molecule has 8 nitrogen and oxygen atoms in total. The van der Waals surface area contributed by atoms with Crippen molar-refractivity contribution < 1.29 is 9.47 Å². The van der Waals surface area contributed by atoms with E-state index in [1.807, 2.05) is 29.9 Å². The zero-order valence-electron chi connectivity index (χ0n) is 19.5. The molecule has 0 aliphatic carbocycles. The monoisotopic (exact) mass is 442 g/mol. The van der Waals surface area contributed by atoms with E-state index in [0.717, 1.165) is 61.3 Å². The van der Waals surface area contributed by atoms with Crippen molar-refractivity contribution in [3.63, 3.8) is 0 Å². The third-order valence-corrected chi connectivity index (χ3v) is 6.40. The summed E-state index contributed by atoms with van der Waals surface area (Å²) in [5, 5.41) is 15.1. The predicted molar refractivity (Wildman–Crippen MR) is 128 cm³/mol. The second kappa shape index (κ2) is 11.5. The summed E-state index contributed by atoms with van der Waals surface area (Å²) in [4.78, 5) is 2.51. The number of nitrogens with one attached hydrogen (secondary N) is 3. The number of likely N-dealkylation sites (tertiary alicyclic amines) is 1. The molecular weight excluding hydrogens is 404 g/mol. The molecule has 1 aromatic heterocycles. The Labute approximate surface area is 191 Å². The van der Waals surface area contributed by atoms with E-state index < -0.39 is 0 Å². The van der Waals surface area contributed by atoms with E-state index >= 15 is 0 Å². The van der Waals surface area contributed by atoms with Gasteiger partial charge in [0.2, 0.25) is 0 Å². The molecule has 2 aliphatic heterocycles. The molecule has 3 N–H and O–H groups in total. The standard InChI is InChI=1S/C24H38N6O2/c1-29-21(18-26-19-8-10-25-11-9-19)17-24(28-29)27-20-6-7-22(31-2)23(16-20)32-15-5-14-30-12-3-4-13-30/h6-7,16-17,19,25-26H,3-5,8-15,18H2,1-2H3,(H,27,28). The maximum absolute atomic E-state index is 6.07. The lowest BCUT2D eigenvalue weighted by Gasteiger charge is -2.23. The van der Waals surface area contributed by atoms with Gasteiger partial charge in [-0.05, 0) is 70.4 Å². The molecule has 0 amide bonds. The fourth-order valence-corrected chi connectivity index (χ4v) is 4.50. The molecule has 2 aromatic rings. The van der Waals surface area contributed by atoms with Crippen molar-refractivity contribution in [2.24, 2.45) is 7.05 Å². The third kappa shape index (κ3) is 6.37. The molecule has 3 heterocycles. The lowest BCUT2D eigenvalue weighted by Crippen LogP contribution is -2.39. The Balaban J connectivity index is 1.31. The first-order valence-corrected chi connectivity index (χ1v) is 12.0. The van der Waals surface area contributed by atoms with Crippen molar-refractivity contribution in [1.29, 1.82) is 0 Å². The number of hydrogen-bond acceptors (Lipinski definition) is 7. The number of anilines is 2. The lowest BCUT2D eigenvalue weighted by atomic mass is 10.1. The zero-order valence-corrected chi connectivity index (χ0v) is 19.5. The van der Waals surface area contributed by atoms with Crippen LogP contribution in [-0.4, -0.2) is 67.2 Å². The van der Waals surface area contributed by atoms with E-state index in [1.165, 1.54) is 38.8 Å². The topological polar surface area (TPSA) is 75.6 Å². The van der Waals surface area contributed by atoms with Gasteiger partial charge in [-0.25, -0.2) is 0 Å². The first-order valence-electron chi connectivity index (χ1n) is 12.0. The third-order valence-electron chi connectivity index (χ3n) is 6.40. The fraction of sp³-hybridized carbons (Fsp3) is 0.625. The molecule has 0 unspecified atom stereocenters. The summed E-state index contributed by atoms with van der Waals surface area (Å²) >= 11 is 0. The van der Waals surface area contributed by atoms with Crippen LogP contribution in [0.5, 0.6) is 11.5 Å². The second-order valence-corrected chi connectivity index (χ2v) is 8.79. The molecule has 0 spiro atoms. The van der Waals surface area contributed by atoms with Gasteiger partial charge < -0.3 is 30.3 Å². The Morgan fingerprint density at radius 2 is 1.94 bits per heavy atom. The number of methoxy groups -OCH3 is 1. The Bertz CT molecular complexity index is 843. The van der Waals surface area contributed by atoms with Gasteiger partial charge in [0.1, 0.15) is 0 Å². The highest BCUT2D eigenvalue weighted by Gasteiger charge is 2.14. The Morgan fingerprint density at radius 3 is 2.72 bits per heavy atom. The van der Waals surface area contributed by atoms with E-state index in [9.17, 15) is 0 Å². The maximum Gasteiger partial charge on any atom is 0.163 e. The van der Waals surface area contributed by atoms with Crippen molar-refractivity contribution in [3.05, 3.63) is 30.0 Å². The number of ether oxygens (including phenoxy) is 2. The van der Waals surface area contributed by atoms with Gasteiger partial charge in [0, 0.05) is 44.0 Å². The van der Waals surface area contributed by atoms with Crippen LogP contribution in [0.15, 0.2) is 24.3 Å². The molecule has 176 valence electrons. The molecule has 2 aliphatic rings. The summed E-state index contributed by atoms with van der Waals surface area (Å²) in [6.07, 6.45) is 6.03. The van der Waals surface area contributed by atoms with Crippen molar-refractivity contribution >= 4 is 11.5 Å². The van der Waals surface area contributed by atoms with Crippen LogP contribution in [-0.2, 0) is 13.6 Å². The number of hydrogen-bond donors (Lipinski definition) is 3. The molecule has 0 bridgehead atoms. The van der Waals surface area contributed by atoms with Crippen molar-refractivity contribution in [1.82, 2.24) is 25.3 Å². The van der Waals surface area contributed by atoms with Crippen LogP contribution in [0, 0.1) is 0 Å². The molecule has 1 aromatic carbocycles. The summed E-state index contributed by atoms with van der Waals surface area (Å²) in [5.74, 6) is 2.35. The number of aromatic nitrogens is 2. The average Bonchev–Trinajstić information content (AvgIpc) is 3.45. The van der Waals surface area contributed by atoms with E-state index in [4.69, 9.17) is 9.47 Å². The molecular formula is C24H38N6O2. The van der Waals surface area contributed by atoms with Crippen LogP contribution in [0.1, 0.15) is 37.8 Å². The maximum atomic E-state index is 6.07. The van der Waals surface area contributed by atoms with E-state index in [2.05, 4.69) is 32.0 Å². The van der Waals surface area contributed by atoms with Crippen molar-refractivity contribution in [3.8, 4) is 11.5 Å². The first-order chi connectivity index (χ1) is 15.7. The van der Waals surface area contributed by atoms with Gasteiger partial charge >= 0.3 is 0 Å². The minimum absolute atomic E-state index is 0.578. The molecule has 0 saturated carbocycles. The van der Waals surface area contributed by atoms with Crippen LogP contribution < -0.4 is 25.4 Å². The van der Waals surface area contributed by atoms with E-state index in [1.54, 1.807) is 7.11 Å². The smallest absolute Gasteiger partial charge is 0.163 e. The van der Waals surface area contributed by atoms with Gasteiger partial charge in [-0.2, -0.15) is 5.10 Å². The van der Waals surface area contributed by atoms with Crippen LogP contribution in [0.2, 0.25) is 0 Å².